The molecule has 0 amide bonds. The predicted octanol–water partition coefficient (Wildman–Crippen LogP) is 9.03. The van der Waals surface area contributed by atoms with Crippen LogP contribution in [0.25, 0.3) is 0 Å². The first kappa shape index (κ1) is 94.9. The van der Waals surface area contributed by atoms with E-state index in [0.717, 1.165) is 0 Å². The van der Waals surface area contributed by atoms with Crippen molar-refractivity contribution in [3.63, 3.8) is 0 Å². The first-order valence-electron chi connectivity index (χ1n) is 54.9. The van der Waals surface area contributed by atoms with Gasteiger partial charge in [-0.25, -0.2) is 0 Å². The van der Waals surface area contributed by atoms with Crippen molar-refractivity contribution in [3.05, 3.63) is 0 Å². The molecule has 9 saturated heterocycles. The van der Waals surface area contributed by atoms with Gasteiger partial charge in [-0.2, -0.15) is 0 Å². The fourth-order valence-electron chi connectivity index (χ4n) is 38.9. The van der Waals surface area contributed by atoms with Crippen LogP contribution >= 0.6 is 0 Å². The van der Waals surface area contributed by atoms with Crippen molar-refractivity contribution in [2.75, 3.05) is 0 Å². The van der Waals surface area contributed by atoms with E-state index < -0.39 is 382 Å². The van der Waals surface area contributed by atoms with E-state index in [-0.39, 0.29) is 120 Å². The fourth-order valence-corrected chi connectivity index (χ4v) is 38.9. The Morgan fingerprint density at radius 2 is 0.315 bits per heavy atom. The maximum atomic E-state index is 17.8. The molecule has 0 N–H and O–H groups in total. The van der Waals surface area contributed by atoms with Gasteiger partial charge in [0.15, 0.2) is 0 Å². The second kappa shape index (κ2) is 31.6. The van der Waals surface area contributed by atoms with Gasteiger partial charge in [-0.3, -0.25) is 86.3 Å². The van der Waals surface area contributed by atoms with Crippen LogP contribution in [0.5, 0.6) is 0 Å². The minimum absolute atomic E-state index is 0.00732. The van der Waals surface area contributed by atoms with Gasteiger partial charge < -0.3 is 85.3 Å². The standard InChI is InChI=1S/C110H132O36/c1-12-103(4,94(121)139-67-40-14-49-58(23-40)85(112)130-76(49)67)32-105(6,96(123)141-69-42-16-51-60(25-42)87(114)132-78(51)69)34-107(8,98(125)143-71-44-18-53-62(27-44)89(116)134-80(53)71)36-109(10,100(127)145-73-46-20-55-64(29-46)91(118)136-82(55)73)38-110(11,101(128)146-74-47-21-56-65(30-47)92(119)137-83(56)74)37-108(9,99(126)144-72-45-19-54-63(28-45)90(117)135-81(54)72)35-106(7,97(124)142-70-43-17-52-61(26-43)88(115)133-79(52)70)33-104(5,95(122)140-68-41-15-50-59(24-41)86(113)131-77(50)68)31-102(2,3)93(120)138-66-39-13-48-57(22-39)84(111)129-75(48)66/h39-83H,12-38H2,1-11H3. The topological polar surface area (TPSA) is 473 Å². The lowest BCUT2D eigenvalue weighted by Gasteiger charge is -2.48. The highest BCUT2D eigenvalue weighted by molar-refractivity contribution is 5.91. The lowest BCUT2D eigenvalue weighted by Crippen LogP contribution is -2.54. The third-order valence-electron chi connectivity index (χ3n) is 44.5. The Kier molecular flexibility index (Phi) is 20.5. The van der Waals surface area contributed by atoms with Gasteiger partial charge in [0.1, 0.15) is 110 Å². The zero-order valence-electron chi connectivity index (χ0n) is 84.3. The summed E-state index contributed by atoms with van der Waals surface area (Å²) in [5, 5.41) is 0. The molecule has 36 heteroatoms. The van der Waals surface area contributed by atoms with Crippen LogP contribution in [0.2, 0.25) is 0 Å². The van der Waals surface area contributed by atoms with E-state index in [2.05, 4.69) is 0 Å². The van der Waals surface area contributed by atoms with Gasteiger partial charge in [0.05, 0.1) is 102 Å². The summed E-state index contributed by atoms with van der Waals surface area (Å²) in [5.74, 6) is -23.2. The number of esters is 18. The Hall–Kier alpha value is -9.54. The van der Waals surface area contributed by atoms with Gasteiger partial charge >= 0.3 is 107 Å². The van der Waals surface area contributed by atoms with Crippen LogP contribution in [0, 0.1) is 209 Å². The molecular weight excluding hydrogens is 1900 g/mol. The minimum Gasteiger partial charge on any atom is -0.458 e. The Labute approximate surface area is 842 Å². The number of carbonyl (C=O) groups excluding carboxylic acids is 18. The molecule has 53 unspecified atom stereocenters. The summed E-state index contributed by atoms with van der Waals surface area (Å²) in [6.07, 6.45) is -15.8. The van der Waals surface area contributed by atoms with E-state index in [0.29, 0.717) is 96.3 Å². The van der Waals surface area contributed by atoms with Crippen LogP contribution in [0.15, 0.2) is 0 Å². The molecule has 146 heavy (non-hydrogen) atoms. The van der Waals surface area contributed by atoms with Crippen molar-refractivity contribution in [1.82, 2.24) is 0 Å². The van der Waals surface area contributed by atoms with E-state index in [1.165, 1.54) is 41.5 Å². The van der Waals surface area contributed by atoms with E-state index in [9.17, 15) is 43.2 Å². The number of rotatable bonds is 35. The molecule has 27 aliphatic rings. The van der Waals surface area contributed by atoms with Crippen molar-refractivity contribution in [2.45, 2.75) is 359 Å². The second-order valence-corrected chi connectivity index (χ2v) is 54.6. The molecule has 27 fully saturated rings. The quantitative estimate of drug-likeness (QED) is 0.0421. The molecule has 0 aromatic rings. The summed E-state index contributed by atoms with van der Waals surface area (Å²) in [6, 6.07) is 0. The van der Waals surface area contributed by atoms with E-state index in [1.807, 2.05) is 0 Å². The van der Waals surface area contributed by atoms with Gasteiger partial charge in [0, 0.05) is 107 Å². The highest BCUT2D eigenvalue weighted by atomic mass is 16.7. The van der Waals surface area contributed by atoms with Gasteiger partial charge in [0.2, 0.25) is 0 Å². The summed E-state index contributed by atoms with van der Waals surface area (Å²) in [6.45, 7) is 17.1. The van der Waals surface area contributed by atoms with Crippen LogP contribution in [0.1, 0.15) is 250 Å². The monoisotopic (exact) mass is 2030 g/mol. The van der Waals surface area contributed by atoms with Crippen LogP contribution in [0.3, 0.4) is 0 Å². The van der Waals surface area contributed by atoms with Gasteiger partial charge in [-0.15, -0.1) is 0 Å². The normalized spacial score (nSPS) is 47.9. The summed E-state index contributed by atoms with van der Waals surface area (Å²) in [7, 11) is 0. The molecule has 27 rings (SSSR count). The molecule has 53 atom stereocenters. The summed E-state index contributed by atoms with van der Waals surface area (Å²) in [5.41, 5.74) is -19.6. The van der Waals surface area contributed by atoms with E-state index in [1.54, 1.807) is 34.6 Å². The van der Waals surface area contributed by atoms with Gasteiger partial charge in [-0.05, 0) is 243 Å². The number of hydrogen-bond donors (Lipinski definition) is 0. The van der Waals surface area contributed by atoms with Gasteiger partial charge in [0.25, 0.3) is 0 Å². The summed E-state index contributed by atoms with van der Waals surface area (Å²) >= 11 is 0. The third-order valence-corrected chi connectivity index (χ3v) is 44.5. The van der Waals surface area contributed by atoms with E-state index in [4.69, 9.17) is 85.3 Å². The molecule has 9 aliphatic heterocycles. The van der Waals surface area contributed by atoms with Crippen molar-refractivity contribution in [1.29, 1.82) is 0 Å². The lowest BCUT2D eigenvalue weighted by atomic mass is 9.56. The number of ether oxygens (including phenoxy) is 18. The average molecular weight is 2030 g/mol. The molecule has 0 aromatic heterocycles. The highest BCUT2D eigenvalue weighted by Gasteiger charge is 2.76. The molecule has 9 heterocycles. The Bertz CT molecular complexity index is 5800. The fraction of sp³-hybridized carbons (Fsp3) is 0.836. The molecule has 0 radical (unpaired) electrons. The summed E-state index contributed by atoms with van der Waals surface area (Å²) < 4.78 is 117. The SMILES string of the molecule is CCC(C)(CC(C)(CC(C)(CC(C)(CC(C)(CC(C)(CC(C)(CC(C)(CC(C)(C)C(=O)OC1C2CC3C(=O)OC1C3C2)C(=O)OC1C2CC3C(=O)OC1C3C2)C(=O)OC1C2CC3C(=O)OC1C3C2)C(=O)OC1C2CC3C(=O)OC1C3C2)C(=O)OC1C2CC3C(=O)OC1C3C2)C(=O)OC1C2CC3C(=O)OC1C3C2)C(=O)OC1C2CC3C(=O)OC1C3C2)C(=O)OC1C2CC3C(=O)OC1C3C2)C(=O)OC1C2CC3C(=O)OC1C3C2. The van der Waals surface area contributed by atoms with Crippen molar-refractivity contribution < 1.29 is 172 Å². The largest absolute Gasteiger partial charge is 0.458 e. The van der Waals surface area contributed by atoms with Crippen molar-refractivity contribution in [2.24, 2.45) is 209 Å². The smallest absolute Gasteiger partial charge is 0.312 e. The molecule has 788 valence electrons. The molecule has 18 bridgehead atoms. The lowest BCUT2D eigenvalue weighted by molar-refractivity contribution is -0.193. The van der Waals surface area contributed by atoms with Crippen molar-refractivity contribution in [3.8, 4) is 0 Å². The maximum Gasteiger partial charge on any atom is 0.312 e. The third kappa shape index (κ3) is 13.6. The van der Waals surface area contributed by atoms with Crippen molar-refractivity contribution >= 4 is 107 Å². The average Bonchev–Trinajstić information content (AvgIpc) is 1.43. The first-order chi connectivity index (χ1) is 69.1. The number of fused-ring (bicyclic) bond motifs is 9. The zero-order chi connectivity index (χ0) is 102. The minimum atomic E-state index is -2.45. The number of carbonyl (C=O) groups is 18. The van der Waals surface area contributed by atoms with Crippen LogP contribution in [-0.2, 0) is 172 Å². The molecule has 18 saturated carbocycles. The first-order valence-corrected chi connectivity index (χ1v) is 54.9. The number of hydrogen-bond acceptors (Lipinski definition) is 36. The van der Waals surface area contributed by atoms with Crippen LogP contribution < -0.4 is 0 Å². The second-order valence-electron chi connectivity index (χ2n) is 54.6. The molecular formula is C110H132O36. The maximum absolute atomic E-state index is 17.8. The Balaban J connectivity index is 0.607. The van der Waals surface area contributed by atoms with Gasteiger partial charge in [-0.1, -0.05) is 6.92 Å². The molecule has 18 aliphatic carbocycles. The molecule has 36 nitrogen and oxygen atoms in total. The van der Waals surface area contributed by atoms with Crippen LogP contribution in [0.4, 0.5) is 0 Å². The zero-order valence-corrected chi connectivity index (χ0v) is 84.3. The Morgan fingerprint density at radius 1 is 0.192 bits per heavy atom. The summed E-state index contributed by atoms with van der Waals surface area (Å²) in [4.78, 5) is 277. The highest BCUT2D eigenvalue weighted by Crippen LogP contribution is 2.69. The van der Waals surface area contributed by atoms with Crippen LogP contribution in [-0.4, -0.2) is 217 Å². The molecule has 0 aromatic carbocycles. The van der Waals surface area contributed by atoms with E-state index >= 15 is 43.2 Å². The predicted molar refractivity (Wildman–Crippen MR) is 481 cm³/mol. The molecule has 0 spiro atoms. The Morgan fingerprint density at radius 3 is 0.459 bits per heavy atom.